The van der Waals surface area contributed by atoms with Crippen LogP contribution in [0, 0.1) is 11.3 Å². The molecule has 1 atom stereocenters. The van der Waals surface area contributed by atoms with E-state index in [1.165, 1.54) is 32.1 Å². The van der Waals surface area contributed by atoms with Crippen LogP contribution in [0.1, 0.15) is 73.6 Å². The zero-order valence-electron chi connectivity index (χ0n) is 16.6. The molecule has 3 aliphatic carbocycles. The fourth-order valence-electron chi connectivity index (χ4n) is 4.59. The third-order valence-corrected chi connectivity index (χ3v) is 11.8. The first-order chi connectivity index (χ1) is 10.7. The van der Waals surface area contributed by atoms with Crippen molar-refractivity contribution >= 4 is 0 Å². The molecule has 0 amide bonds. The van der Waals surface area contributed by atoms with Gasteiger partial charge in [0.15, 0.2) is 0 Å². The Morgan fingerprint density at radius 2 is 1.52 bits per heavy atom. The third-order valence-electron chi connectivity index (χ3n) is 6.62. The van der Waals surface area contributed by atoms with Gasteiger partial charge in [-0.25, -0.2) is 0 Å². The second-order valence-electron chi connectivity index (χ2n) is 8.60. The third kappa shape index (κ3) is 4.47. The van der Waals surface area contributed by atoms with E-state index in [1.807, 2.05) is 3.28 Å². The molecule has 1 saturated carbocycles. The number of rotatable bonds is 3. The van der Waals surface area contributed by atoms with Gasteiger partial charge in [0, 0.05) is 0 Å². The van der Waals surface area contributed by atoms with Gasteiger partial charge in [0.25, 0.3) is 0 Å². The van der Waals surface area contributed by atoms with Crippen LogP contribution in [0.2, 0.25) is 3.12 Å². The molecule has 0 bridgehead atoms. The van der Waals surface area contributed by atoms with Crippen LogP contribution in [0.25, 0.3) is 0 Å². The predicted molar refractivity (Wildman–Crippen MR) is 97.0 cm³/mol. The minimum atomic E-state index is -0.679. The van der Waals surface area contributed by atoms with E-state index in [0.29, 0.717) is 8.54 Å². The van der Waals surface area contributed by atoms with Crippen molar-refractivity contribution in [1.29, 1.82) is 0 Å². The maximum atomic E-state index is 2.68. The SMILES string of the molecule is CC1=C(C)C(C)(C)[C]([Zr+2][C]2(C)C=CC(C3CCCCC3)=C2)=C1C.[Cl-].[Cl-]. The smallest absolute Gasteiger partial charge is 1.00 e. The van der Waals surface area contributed by atoms with E-state index >= 15 is 0 Å². The molecule has 0 N–H and O–H groups in total. The zero-order valence-corrected chi connectivity index (χ0v) is 20.6. The predicted octanol–water partition coefficient (Wildman–Crippen LogP) is 0.982. The Hall–Kier alpha value is 0.423. The van der Waals surface area contributed by atoms with Crippen LogP contribution >= 0.6 is 0 Å². The van der Waals surface area contributed by atoms with Crippen molar-refractivity contribution in [2.75, 3.05) is 0 Å². The molecule has 3 heteroatoms. The standard InChI is InChI=1S/C12H17.C10H15.2ClH.Zr/c1-10-7-8-12(9-10)11-5-3-2-4-6-11;1-7-6-10(4,5)9(3)8(7)2;;;/h7-9,11H,2-6H2,1H3;1-5H3;2*1H;/q;;;;+2/p-2. The molecular weight excluding hydrogens is 426 g/mol. The second kappa shape index (κ2) is 8.62. The van der Waals surface area contributed by atoms with Crippen molar-refractivity contribution in [3.63, 3.8) is 0 Å². The monoisotopic (exact) mass is 456 g/mol. The van der Waals surface area contributed by atoms with Gasteiger partial charge in [0.2, 0.25) is 0 Å². The molecule has 0 aromatic carbocycles. The number of halogens is 2. The van der Waals surface area contributed by atoms with Gasteiger partial charge in [-0.1, -0.05) is 0 Å². The van der Waals surface area contributed by atoms with Crippen LogP contribution < -0.4 is 24.8 Å². The van der Waals surface area contributed by atoms with Crippen LogP contribution in [0.15, 0.2) is 43.8 Å². The Labute approximate surface area is 179 Å². The van der Waals surface area contributed by atoms with Gasteiger partial charge in [-0.15, -0.1) is 0 Å². The van der Waals surface area contributed by atoms with Crippen LogP contribution in [0.4, 0.5) is 0 Å². The van der Waals surface area contributed by atoms with Gasteiger partial charge in [-0.3, -0.25) is 0 Å². The molecule has 0 radical (unpaired) electrons. The van der Waals surface area contributed by atoms with Gasteiger partial charge >= 0.3 is 155 Å². The molecular formula is C22H32Cl2Zr. The first-order valence-corrected chi connectivity index (χ1v) is 11.8. The molecule has 1 unspecified atom stereocenters. The van der Waals surface area contributed by atoms with Crippen molar-refractivity contribution in [2.45, 2.75) is 76.8 Å². The summed E-state index contributed by atoms with van der Waals surface area (Å²) in [4.78, 5) is 0. The molecule has 0 saturated heterocycles. The molecule has 138 valence electrons. The van der Waals surface area contributed by atoms with Crippen molar-refractivity contribution in [2.24, 2.45) is 11.3 Å². The van der Waals surface area contributed by atoms with E-state index < -0.39 is 23.2 Å². The Morgan fingerprint density at radius 1 is 0.920 bits per heavy atom. The minimum Gasteiger partial charge on any atom is -1.00 e. The van der Waals surface area contributed by atoms with E-state index in [4.69, 9.17) is 0 Å². The number of hydrogen-bond donors (Lipinski definition) is 0. The Morgan fingerprint density at radius 3 is 2.04 bits per heavy atom. The Bertz CT molecular complexity index is 630. The van der Waals surface area contributed by atoms with Crippen molar-refractivity contribution in [1.82, 2.24) is 0 Å². The molecule has 25 heavy (non-hydrogen) atoms. The molecule has 0 nitrogen and oxygen atoms in total. The number of hydrogen-bond acceptors (Lipinski definition) is 0. The zero-order chi connectivity index (χ0) is 16.8. The summed E-state index contributed by atoms with van der Waals surface area (Å²) in [5.41, 5.74) is 6.76. The molecule has 3 rings (SSSR count). The van der Waals surface area contributed by atoms with Crippen LogP contribution in [-0.4, -0.2) is 0 Å². The van der Waals surface area contributed by atoms with Crippen LogP contribution in [-0.2, 0) is 23.2 Å². The van der Waals surface area contributed by atoms with E-state index in [-0.39, 0.29) is 24.8 Å². The summed E-state index contributed by atoms with van der Waals surface area (Å²) < 4.78 is 2.21. The minimum absolute atomic E-state index is 0. The maximum Gasteiger partial charge on any atom is -1.00 e. The summed E-state index contributed by atoms with van der Waals surface area (Å²) in [7, 11) is 0. The maximum absolute atomic E-state index is 2.68. The summed E-state index contributed by atoms with van der Waals surface area (Å²) in [6, 6.07) is 0. The summed E-state index contributed by atoms with van der Waals surface area (Å²) in [5, 5.41) is 0. The van der Waals surface area contributed by atoms with E-state index in [9.17, 15) is 0 Å². The fourth-order valence-corrected chi connectivity index (χ4v) is 9.06. The van der Waals surface area contributed by atoms with Crippen LogP contribution in [0.3, 0.4) is 0 Å². The summed E-state index contributed by atoms with van der Waals surface area (Å²) in [6.45, 7) is 14.5. The molecule has 0 heterocycles. The largest absolute Gasteiger partial charge is 1.00 e. The number of allylic oxidation sites excluding steroid dienone is 8. The van der Waals surface area contributed by atoms with E-state index in [0.717, 1.165) is 5.92 Å². The summed E-state index contributed by atoms with van der Waals surface area (Å²) in [6.07, 6.45) is 14.9. The van der Waals surface area contributed by atoms with Crippen LogP contribution in [0.5, 0.6) is 0 Å². The molecule has 0 aromatic heterocycles. The summed E-state index contributed by atoms with van der Waals surface area (Å²) in [5.74, 6) is 0.856. The average molecular weight is 459 g/mol. The van der Waals surface area contributed by atoms with Crippen molar-refractivity contribution < 1.29 is 48.0 Å². The van der Waals surface area contributed by atoms with Gasteiger partial charge in [0.1, 0.15) is 0 Å². The van der Waals surface area contributed by atoms with Gasteiger partial charge in [-0.05, 0) is 0 Å². The van der Waals surface area contributed by atoms with E-state index in [2.05, 4.69) is 59.8 Å². The van der Waals surface area contributed by atoms with E-state index in [1.54, 1.807) is 22.3 Å². The van der Waals surface area contributed by atoms with Gasteiger partial charge in [0.05, 0.1) is 0 Å². The first-order valence-electron chi connectivity index (χ1n) is 9.34. The Balaban J connectivity index is 0.00000156. The fraction of sp³-hybridized carbons (Fsp3) is 0.636. The van der Waals surface area contributed by atoms with Crippen molar-refractivity contribution in [3.05, 3.63) is 43.8 Å². The molecule has 0 aromatic rings. The van der Waals surface area contributed by atoms with Gasteiger partial charge < -0.3 is 24.8 Å². The quantitative estimate of drug-likeness (QED) is 0.592. The molecule has 0 aliphatic heterocycles. The topological polar surface area (TPSA) is 0 Å². The molecule has 3 aliphatic rings. The average Bonchev–Trinajstić information content (AvgIpc) is 2.98. The summed E-state index contributed by atoms with van der Waals surface area (Å²) >= 11 is -0.679. The second-order valence-corrected chi connectivity index (χ2v) is 13.1. The molecule has 0 spiro atoms. The normalized spacial score (nSPS) is 28.5. The Kier molecular flexibility index (Phi) is 8.09. The molecule has 1 fully saturated rings. The van der Waals surface area contributed by atoms with Gasteiger partial charge in [-0.2, -0.15) is 0 Å². The van der Waals surface area contributed by atoms with Crippen molar-refractivity contribution in [3.8, 4) is 0 Å². The first kappa shape index (κ1) is 23.5.